The van der Waals surface area contributed by atoms with Gasteiger partial charge in [0.1, 0.15) is 12.4 Å². The molecule has 0 spiro atoms. The third kappa shape index (κ3) is 7.25. The van der Waals surface area contributed by atoms with Crippen LogP contribution in [0.3, 0.4) is 0 Å². The van der Waals surface area contributed by atoms with Crippen molar-refractivity contribution in [3.05, 3.63) is 68.1 Å². The highest BCUT2D eigenvalue weighted by Gasteiger charge is 2.49. The molecule has 0 radical (unpaired) electrons. The molecule has 1 aromatic carbocycles. The maximum absolute atomic E-state index is 14.3. The number of benzene rings is 1. The van der Waals surface area contributed by atoms with Crippen molar-refractivity contribution in [1.82, 2.24) is 29.7 Å². The van der Waals surface area contributed by atoms with Crippen LogP contribution in [0.5, 0.6) is 6.01 Å². The summed E-state index contributed by atoms with van der Waals surface area (Å²) in [6, 6.07) is 2.25. The van der Waals surface area contributed by atoms with Crippen LogP contribution in [0.1, 0.15) is 70.4 Å². The van der Waals surface area contributed by atoms with Crippen LogP contribution < -0.4 is 15.4 Å². The molecular formula is C34H37Cl2F5N8O4. The van der Waals surface area contributed by atoms with Crippen LogP contribution in [0, 0.1) is 5.92 Å². The number of nitrogens with zero attached hydrogens (tertiary/aromatic N) is 7. The first-order valence-corrected chi connectivity index (χ1v) is 17.8. The minimum absolute atomic E-state index is 0.0145. The number of fused-ring (bicyclic) bond motifs is 3. The number of amides is 1. The third-order valence-corrected chi connectivity index (χ3v) is 11.2. The van der Waals surface area contributed by atoms with Crippen molar-refractivity contribution in [2.45, 2.75) is 69.6 Å². The van der Waals surface area contributed by atoms with Gasteiger partial charge >= 0.3 is 12.2 Å². The number of nitrogens with two attached hydrogens (primary N) is 1. The second kappa shape index (κ2) is 14.5. The quantitative estimate of drug-likeness (QED) is 0.155. The molecule has 2 aromatic heterocycles. The molecule has 286 valence electrons. The molecule has 6 heterocycles. The van der Waals surface area contributed by atoms with E-state index in [2.05, 4.69) is 10.00 Å². The van der Waals surface area contributed by atoms with Crippen molar-refractivity contribution in [2.24, 2.45) is 5.92 Å². The lowest BCUT2D eigenvalue weighted by atomic mass is 9.91. The number of hydrogen-bond donors (Lipinski definition) is 1. The van der Waals surface area contributed by atoms with Crippen LogP contribution >= 0.6 is 23.2 Å². The molecule has 0 bridgehead atoms. The fraction of sp³-hybridized carbons (Fsp3) is 0.529. The van der Waals surface area contributed by atoms with Gasteiger partial charge < -0.3 is 20.1 Å². The summed E-state index contributed by atoms with van der Waals surface area (Å²) in [5.41, 5.74) is 5.76. The maximum Gasteiger partial charge on any atom is 0.418 e. The molecule has 4 aliphatic heterocycles. The summed E-state index contributed by atoms with van der Waals surface area (Å²) in [6.07, 6.45) is -4.03. The predicted octanol–water partition coefficient (Wildman–Crippen LogP) is 6.45. The van der Waals surface area contributed by atoms with Crippen molar-refractivity contribution >= 4 is 40.6 Å². The van der Waals surface area contributed by atoms with Gasteiger partial charge in [0.15, 0.2) is 5.69 Å². The lowest BCUT2D eigenvalue weighted by Crippen LogP contribution is -2.43. The molecule has 53 heavy (non-hydrogen) atoms. The topological polar surface area (TPSA) is 124 Å². The van der Waals surface area contributed by atoms with Crippen molar-refractivity contribution in [2.75, 3.05) is 51.0 Å². The maximum atomic E-state index is 14.3. The first kappa shape index (κ1) is 37.5. The minimum atomic E-state index is -4.78. The number of ether oxygens (including phenoxy) is 2. The molecule has 1 amide bonds. The fourth-order valence-corrected chi connectivity index (χ4v) is 8.67. The van der Waals surface area contributed by atoms with E-state index >= 15 is 0 Å². The van der Waals surface area contributed by atoms with Crippen LogP contribution in [-0.2, 0) is 41.9 Å². The molecule has 0 aliphatic carbocycles. The number of aromatic nitrogens is 4. The normalized spacial score (nSPS) is 22.9. The largest absolute Gasteiger partial charge is 0.461 e. The predicted molar refractivity (Wildman–Crippen MR) is 184 cm³/mol. The SMILES string of the molecule is CON(C)C(=O)c1nn2c(c1Cl)CN(c1nc(OC[C@]34CCCN3C[C@@H](C=C(F)F)C4)nc3c1CO[C@H](c1cc(N)cc(Cl)c1C(F)(F)F)C3)CCC2. The average Bonchev–Trinajstić information content (AvgIpc) is 3.68. The van der Waals surface area contributed by atoms with Crippen LogP contribution in [0.25, 0.3) is 0 Å². The molecule has 12 nitrogen and oxygen atoms in total. The Bertz CT molecular complexity index is 1940. The average molecular weight is 788 g/mol. The summed E-state index contributed by atoms with van der Waals surface area (Å²) < 4.78 is 83.4. The summed E-state index contributed by atoms with van der Waals surface area (Å²) in [4.78, 5) is 31.6. The van der Waals surface area contributed by atoms with Crippen LogP contribution in [0.4, 0.5) is 33.5 Å². The Morgan fingerprint density at radius 3 is 2.72 bits per heavy atom. The zero-order valence-corrected chi connectivity index (χ0v) is 30.4. The van der Waals surface area contributed by atoms with Gasteiger partial charge in [-0.05, 0) is 61.9 Å². The number of aryl methyl sites for hydroxylation is 1. The Balaban J connectivity index is 1.26. The summed E-state index contributed by atoms with van der Waals surface area (Å²) >= 11 is 12.8. The van der Waals surface area contributed by atoms with E-state index in [1.54, 1.807) is 4.68 Å². The Morgan fingerprint density at radius 1 is 1.19 bits per heavy atom. The first-order chi connectivity index (χ1) is 25.2. The minimum Gasteiger partial charge on any atom is -0.461 e. The van der Waals surface area contributed by atoms with Crippen LogP contribution in [-0.4, -0.2) is 81.6 Å². The Kier molecular flexibility index (Phi) is 10.2. The van der Waals surface area contributed by atoms with Crippen molar-refractivity contribution in [3.8, 4) is 6.01 Å². The molecule has 4 aliphatic rings. The number of rotatable bonds is 8. The van der Waals surface area contributed by atoms with Crippen LogP contribution in [0.2, 0.25) is 10.0 Å². The Hall–Kier alpha value is -3.77. The van der Waals surface area contributed by atoms with E-state index < -0.39 is 40.4 Å². The molecule has 2 fully saturated rings. The van der Waals surface area contributed by atoms with Gasteiger partial charge in [0, 0.05) is 44.4 Å². The van der Waals surface area contributed by atoms with Gasteiger partial charge in [0.2, 0.25) is 0 Å². The summed E-state index contributed by atoms with van der Waals surface area (Å²) in [5.74, 6) is -0.439. The second-order valence-electron chi connectivity index (χ2n) is 13.8. The second-order valence-corrected chi connectivity index (χ2v) is 14.6. The van der Waals surface area contributed by atoms with Crippen LogP contribution in [0.15, 0.2) is 24.3 Å². The molecule has 2 N–H and O–H groups in total. The Labute approximate surface area is 311 Å². The van der Waals surface area contributed by atoms with Gasteiger partial charge in [0.05, 0.1) is 58.9 Å². The highest BCUT2D eigenvalue weighted by Crippen LogP contribution is 2.46. The highest BCUT2D eigenvalue weighted by molar-refractivity contribution is 6.34. The molecule has 3 aromatic rings. The molecule has 7 rings (SSSR count). The zero-order chi connectivity index (χ0) is 37.8. The van der Waals surface area contributed by atoms with E-state index in [4.69, 9.17) is 53.2 Å². The monoisotopic (exact) mass is 786 g/mol. The van der Waals surface area contributed by atoms with Crippen molar-refractivity contribution < 1.29 is 41.1 Å². The van der Waals surface area contributed by atoms with Gasteiger partial charge in [-0.25, -0.2) is 5.06 Å². The smallest absolute Gasteiger partial charge is 0.418 e. The summed E-state index contributed by atoms with van der Waals surface area (Å²) in [5, 5.41) is 5.09. The molecule has 19 heteroatoms. The number of anilines is 2. The lowest BCUT2D eigenvalue weighted by Gasteiger charge is -2.33. The van der Waals surface area contributed by atoms with Gasteiger partial charge in [-0.3, -0.25) is 19.2 Å². The number of nitrogen functional groups attached to an aromatic ring is 1. The van der Waals surface area contributed by atoms with E-state index in [0.717, 1.165) is 36.6 Å². The van der Waals surface area contributed by atoms with E-state index in [9.17, 15) is 26.7 Å². The van der Waals surface area contributed by atoms with E-state index in [0.29, 0.717) is 55.2 Å². The third-order valence-electron chi connectivity index (χ3n) is 10.5. The number of hydrogen-bond acceptors (Lipinski definition) is 10. The van der Waals surface area contributed by atoms with Gasteiger partial charge in [-0.2, -0.15) is 37.0 Å². The van der Waals surface area contributed by atoms with E-state index in [1.165, 1.54) is 20.2 Å². The van der Waals surface area contributed by atoms with Gasteiger partial charge in [0.25, 0.3) is 12.0 Å². The van der Waals surface area contributed by atoms with E-state index in [1.807, 2.05) is 4.90 Å². The standard InChI is InChI=1S/C34H37Cl2F5N8O4/c1-46(51-2)31(50)29-28(36)24-15-47(6-4-8-49(24)45-29)30-21-16-52-25(20-10-19(42)11-22(35)27(20)34(39,40)41)12-23(21)43-32(44-30)53-17-33-5-3-7-48(33)14-18(13-33)9-26(37)38/h9-11,18,25H,3-8,12-17,42H2,1-2H3/t18-,25-,33+/m0/s1. The summed E-state index contributed by atoms with van der Waals surface area (Å²) in [7, 11) is 2.79. The highest BCUT2D eigenvalue weighted by atomic mass is 35.5. The van der Waals surface area contributed by atoms with Gasteiger partial charge in [-0.15, -0.1) is 0 Å². The van der Waals surface area contributed by atoms with E-state index in [-0.39, 0.29) is 60.1 Å². The molecule has 0 unspecified atom stereocenters. The number of hydroxylamine groups is 2. The molecule has 3 atom stereocenters. The fourth-order valence-electron chi connectivity index (χ4n) is 8.05. The Morgan fingerprint density at radius 2 is 1.98 bits per heavy atom. The van der Waals surface area contributed by atoms with Gasteiger partial charge in [-0.1, -0.05) is 23.2 Å². The number of carbonyl (C=O) groups is 1. The summed E-state index contributed by atoms with van der Waals surface area (Å²) in [6.45, 7) is 2.29. The lowest BCUT2D eigenvalue weighted by molar-refractivity contribution is -0.139. The first-order valence-electron chi connectivity index (χ1n) is 17.1. The molecule has 0 saturated carbocycles. The van der Waals surface area contributed by atoms with Crippen molar-refractivity contribution in [3.63, 3.8) is 0 Å². The zero-order valence-electron chi connectivity index (χ0n) is 28.9. The van der Waals surface area contributed by atoms with Crippen molar-refractivity contribution in [1.29, 1.82) is 0 Å². The number of carbonyl (C=O) groups excluding carboxylic acids is 1. The number of halogens is 7. The molecule has 2 saturated heterocycles. The molecular weight excluding hydrogens is 750 g/mol. The number of alkyl halides is 3.